The van der Waals surface area contributed by atoms with Crippen molar-refractivity contribution in [1.29, 1.82) is 0 Å². The van der Waals surface area contributed by atoms with Gasteiger partial charge in [0.15, 0.2) is 11.6 Å². The largest absolute Gasteiger partial charge is 0.478 e. The maximum Gasteiger partial charge on any atom is 0.340 e. The van der Waals surface area contributed by atoms with Crippen LogP contribution in [0.3, 0.4) is 0 Å². The molecule has 16 heavy (non-hydrogen) atoms. The molecule has 0 heterocycles. The van der Waals surface area contributed by atoms with Crippen LogP contribution in [0.4, 0.5) is 4.39 Å². The third-order valence-electron chi connectivity index (χ3n) is 1.73. The van der Waals surface area contributed by atoms with Gasteiger partial charge in [0, 0.05) is 0 Å². The molecule has 0 amide bonds. The van der Waals surface area contributed by atoms with Gasteiger partial charge >= 0.3 is 11.9 Å². The second-order valence-electron chi connectivity index (χ2n) is 3.05. The zero-order chi connectivity index (χ0) is 12.3. The third-order valence-corrected chi connectivity index (χ3v) is 1.73. The van der Waals surface area contributed by atoms with E-state index in [4.69, 9.17) is 10.2 Å². The van der Waals surface area contributed by atoms with Gasteiger partial charge in [-0.15, -0.1) is 0 Å². The molecule has 0 saturated carbocycles. The summed E-state index contributed by atoms with van der Waals surface area (Å²) in [6.07, 6.45) is -1.38. The van der Waals surface area contributed by atoms with Crippen molar-refractivity contribution in [2.45, 2.75) is 13.0 Å². The monoisotopic (exact) mass is 228 g/mol. The molecule has 0 aliphatic heterocycles. The number of aliphatic hydroxyl groups excluding tert-OH is 1. The molecule has 0 aliphatic carbocycles. The first-order chi connectivity index (χ1) is 7.41. The summed E-state index contributed by atoms with van der Waals surface area (Å²) in [6.45, 7) is 1.17. The molecular formula is C10H9FO5. The molecule has 6 heteroatoms. The zero-order valence-corrected chi connectivity index (χ0v) is 8.31. The van der Waals surface area contributed by atoms with Gasteiger partial charge in [0.1, 0.15) is 6.10 Å². The number of aromatic carboxylic acids is 1. The molecule has 1 aromatic rings. The van der Waals surface area contributed by atoms with Gasteiger partial charge in [0.05, 0.1) is 5.56 Å². The van der Waals surface area contributed by atoms with Crippen molar-refractivity contribution in [3.05, 3.63) is 29.6 Å². The van der Waals surface area contributed by atoms with E-state index in [1.54, 1.807) is 0 Å². The minimum Gasteiger partial charge on any atom is -0.478 e. The van der Waals surface area contributed by atoms with Gasteiger partial charge < -0.3 is 14.9 Å². The predicted molar refractivity (Wildman–Crippen MR) is 50.7 cm³/mol. The topological polar surface area (TPSA) is 83.8 Å². The summed E-state index contributed by atoms with van der Waals surface area (Å²) in [5.74, 6) is -3.70. The van der Waals surface area contributed by atoms with Crippen LogP contribution in [-0.4, -0.2) is 28.3 Å². The lowest BCUT2D eigenvalue weighted by Crippen LogP contribution is -2.22. The lowest BCUT2D eigenvalue weighted by molar-refractivity contribution is -0.142. The molecule has 0 spiro atoms. The van der Waals surface area contributed by atoms with Gasteiger partial charge in [-0.25, -0.2) is 14.0 Å². The summed E-state index contributed by atoms with van der Waals surface area (Å²) in [7, 11) is 0. The van der Waals surface area contributed by atoms with Crippen molar-refractivity contribution in [3.63, 3.8) is 0 Å². The quantitative estimate of drug-likeness (QED) is 0.590. The van der Waals surface area contributed by atoms with E-state index in [2.05, 4.69) is 4.74 Å². The molecule has 0 radical (unpaired) electrons. The van der Waals surface area contributed by atoms with Gasteiger partial charge in [0.25, 0.3) is 0 Å². The number of rotatable bonds is 3. The van der Waals surface area contributed by atoms with Crippen molar-refractivity contribution < 1.29 is 28.9 Å². The van der Waals surface area contributed by atoms with Crippen LogP contribution in [0.5, 0.6) is 5.75 Å². The number of hydrogen-bond donors (Lipinski definition) is 2. The maximum atomic E-state index is 13.2. The lowest BCUT2D eigenvalue weighted by atomic mass is 10.2. The van der Waals surface area contributed by atoms with E-state index in [0.717, 1.165) is 18.2 Å². The van der Waals surface area contributed by atoms with Crippen LogP contribution in [-0.2, 0) is 4.79 Å². The summed E-state index contributed by atoms with van der Waals surface area (Å²) in [4.78, 5) is 21.4. The summed E-state index contributed by atoms with van der Waals surface area (Å²) in [5, 5.41) is 17.4. The predicted octanol–water partition coefficient (Wildman–Crippen LogP) is 0.810. The molecule has 0 bridgehead atoms. The number of hydrogen-bond acceptors (Lipinski definition) is 4. The van der Waals surface area contributed by atoms with Gasteiger partial charge in [-0.1, -0.05) is 0 Å². The molecule has 2 N–H and O–H groups in total. The van der Waals surface area contributed by atoms with E-state index >= 15 is 0 Å². The van der Waals surface area contributed by atoms with Crippen molar-refractivity contribution >= 4 is 11.9 Å². The maximum absolute atomic E-state index is 13.2. The number of ether oxygens (including phenoxy) is 1. The van der Waals surface area contributed by atoms with Crippen molar-refractivity contribution in [1.82, 2.24) is 0 Å². The summed E-state index contributed by atoms with van der Waals surface area (Å²) in [5.41, 5.74) is -0.255. The highest BCUT2D eigenvalue weighted by Crippen LogP contribution is 2.18. The van der Waals surface area contributed by atoms with Crippen LogP contribution in [0.1, 0.15) is 17.3 Å². The molecule has 5 nitrogen and oxygen atoms in total. The Labute approximate surface area is 90.1 Å². The Bertz CT molecular complexity index is 427. The van der Waals surface area contributed by atoms with Gasteiger partial charge in [-0.2, -0.15) is 0 Å². The summed E-state index contributed by atoms with van der Waals surface area (Å²) >= 11 is 0. The minimum absolute atomic E-state index is 0.255. The highest BCUT2D eigenvalue weighted by Gasteiger charge is 2.15. The Morgan fingerprint density at radius 1 is 1.44 bits per heavy atom. The molecule has 1 aromatic carbocycles. The SMILES string of the molecule is CC(O)C(=O)Oc1ccc(C(=O)O)cc1F. The standard InChI is InChI=1S/C10H9FO5/c1-5(12)10(15)16-8-3-2-6(9(13)14)4-7(8)11/h2-5,12H,1H3,(H,13,14). The molecule has 1 rings (SSSR count). The number of benzene rings is 1. The van der Waals surface area contributed by atoms with Crippen LogP contribution in [0.25, 0.3) is 0 Å². The molecule has 1 atom stereocenters. The van der Waals surface area contributed by atoms with Crippen LogP contribution >= 0.6 is 0 Å². The number of halogens is 1. The Morgan fingerprint density at radius 2 is 2.06 bits per heavy atom. The number of carbonyl (C=O) groups excluding carboxylic acids is 1. The van der Waals surface area contributed by atoms with E-state index in [0.29, 0.717) is 0 Å². The first kappa shape index (κ1) is 12.1. The summed E-state index contributed by atoms with van der Waals surface area (Å²) in [6, 6.07) is 2.84. The third kappa shape index (κ3) is 2.77. The lowest BCUT2D eigenvalue weighted by Gasteiger charge is -2.07. The van der Waals surface area contributed by atoms with E-state index in [-0.39, 0.29) is 5.56 Å². The van der Waals surface area contributed by atoms with E-state index in [9.17, 15) is 14.0 Å². The first-order valence-electron chi connectivity index (χ1n) is 4.34. The van der Waals surface area contributed by atoms with Crippen LogP contribution in [0, 0.1) is 5.82 Å². The average Bonchev–Trinajstić information content (AvgIpc) is 2.20. The van der Waals surface area contributed by atoms with E-state index < -0.39 is 29.6 Å². The molecule has 1 unspecified atom stereocenters. The molecular weight excluding hydrogens is 219 g/mol. The molecule has 0 aromatic heterocycles. The number of carboxylic acid groups (broad SMARTS) is 1. The Kier molecular flexibility index (Phi) is 3.57. The first-order valence-corrected chi connectivity index (χ1v) is 4.34. The molecule has 0 aliphatic rings. The normalized spacial score (nSPS) is 11.9. The molecule has 86 valence electrons. The Morgan fingerprint density at radius 3 is 2.50 bits per heavy atom. The minimum atomic E-state index is -1.38. The van der Waals surface area contributed by atoms with Crippen LogP contribution in [0.2, 0.25) is 0 Å². The van der Waals surface area contributed by atoms with Gasteiger partial charge in [-0.05, 0) is 25.1 Å². The van der Waals surface area contributed by atoms with E-state index in [1.165, 1.54) is 6.92 Å². The highest BCUT2D eigenvalue weighted by molar-refractivity contribution is 5.87. The van der Waals surface area contributed by atoms with Crippen molar-refractivity contribution in [3.8, 4) is 5.75 Å². The van der Waals surface area contributed by atoms with E-state index in [1.807, 2.05) is 0 Å². The fraction of sp³-hybridized carbons (Fsp3) is 0.200. The second-order valence-corrected chi connectivity index (χ2v) is 3.05. The Balaban J connectivity index is 2.91. The average molecular weight is 228 g/mol. The Hall–Kier alpha value is -1.95. The van der Waals surface area contributed by atoms with Crippen LogP contribution in [0.15, 0.2) is 18.2 Å². The van der Waals surface area contributed by atoms with Gasteiger partial charge in [0.2, 0.25) is 0 Å². The van der Waals surface area contributed by atoms with Gasteiger partial charge in [-0.3, -0.25) is 0 Å². The zero-order valence-electron chi connectivity index (χ0n) is 8.31. The second kappa shape index (κ2) is 4.71. The van der Waals surface area contributed by atoms with Crippen molar-refractivity contribution in [2.75, 3.05) is 0 Å². The smallest absolute Gasteiger partial charge is 0.340 e. The highest BCUT2D eigenvalue weighted by atomic mass is 19.1. The number of esters is 1. The summed E-state index contributed by atoms with van der Waals surface area (Å²) < 4.78 is 17.7. The van der Waals surface area contributed by atoms with Crippen LogP contribution < -0.4 is 4.74 Å². The van der Waals surface area contributed by atoms with Crippen molar-refractivity contribution in [2.24, 2.45) is 0 Å². The number of carboxylic acids is 1. The number of carbonyl (C=O) groups is 2. The fourth-order valence-electron chi connectivity index (χ4n) is 0.910. The molecule has 0 saturated heterocycles. The fourth-order valence-corrected chi connectivity index (χ4v) is 0.910. The number of aliphatic hydroxyl groups is 1. The molecule has 0 fully saturated rings.